The molecule has 0 bridgehead atoms. The molecule has 2 aromatic rings. The van der Waals surface area contributed by atoms with Crippen molar-refractivity contribution in [1.82, 2.24) is 10.2 Å². The highest BCUT2D eigenvalue weighted by Gasteiger charge is 2.35. The summed E-state index contributed by atoms with van der Waals surface area (Å²) in [6.07, 6.45) is -0.354. The molecule has 38 heavy (non-hydrogen) atoms. The Balaban J connectivity index is 1.52. The SMILES string of the molecule is CC(C)[C@H](Nc1ccc(CNC(=O)[C@@H]2SCCN2C(=O)CC(N)Cc2cc(F)c(F)cc2F)cc1)C(=O)O. The van der Waals surface area contributed by atoms with Crippen molar-refractivity contribution in [3.63, 3.8) is 0 Å². The van der Waals surface area contributed by atoms with Crippen LogP contribution in [0, 0.1) is 23.4 Å². The second-order valence-electron chi connectivity index (χ2n) is 9.46. The third kappa shape index (κ3) is 7.64. The van der Waals surface area contributed by atoms with Crippen LogP contribution in [0.2, 0.25) is 0 Å². The van der Waals surface area contributed by atoms with Crippen molar-refractivity contribution in [2.45, 2.75) is 50.7 Å². The first-order chi connectivity index (χ1) is 18.0. The molecule has 8 nitrogen and oxygen atoms in total. The molecule has 3 atom stereocenters. The minimum Gasteiger partial charge on any atom is -0.480 e. The monoisotopic (exact) mass is 552 g/mol. The molecule has 1 saturated heterocycles. The highest BCUT2D eigenvalue weighted by atomic mass is 32.2. The minimum atomic E-state index is -1.30. The summed E-state index contributed by atoms with van der Waals surface area (Å²) in [6, 6.07) is 6.60. The molecule has 0 aliphatic carbocycles. The maximum Gasteiger partial charge on any atom is 0.326 e. The number of carboxylic acids is 1. The van der Waals surface area contributed by atoms with Crippen molar-refractivity contribution in [2.24, 2.45) is 11.7 Å². The van der Waals surface area contributed by atoms with Crippen LogP contribution >= 0.6 is 11.8 Å². The van der Waals surface area contributed by atoms with Crippen LogP contribution in [0.5, 0.6) is 0 Å². The fourth-order valence-electron chi connectivity index (χ4n) is 4.05. The van der Waals surface area contributed by atoms with E-state index in [-0.39, 0.29) is 42.7 Å². The van der Waals surface area contributed by atoms with Crippen LogP contribution in [-0.4, -0.2) is 57.5 Å². The Morgan fingerprint density at radius 1 is 1.11 bits per heavy atom. The Kier molecular flexibility index (Phi) is 10.0. The van der Waals surface area contributed by atoms with Gasteiger partial charge in [-0.05, 0) is 41.7 Å². The Bertz CT molecular complexity index is 1170. The fourth-order valence-corrected chi connectivity index (χ4v) is 5.21. The molecule has 12 heteroatoms. The van der Waals surface area contributed by atoms with Crippen molar-refractivity contribution in [3.8, 4) is 0 Å². The molecule has 3 rings (SSSR count). The van der Waals surface area contributed by atoms with E-state index in [1.807, 2.05) is 13.8 Å². The van der Waals surface area contributed by atoms with Crippen LogP contribution in [0.15, 0.2) is 36.4 Å². The maximum atomic E-state index is 13.9. The molecule has 1 heterocycles. The van der Waals surface area contributed by atoms with E-state index >= 15 is 0 Å². The number of benzene rings is 2. The zero-order valence-corrected chi connectivity index (χ0v) is 21.9. The Morgan fingerprint density at radius 3 is 2.39 bits per heavy atom. The molecule has 1 fully saturated rings. The molecular weight excluding hydrogens is 521 g/mol. The van der Waals surface area contributed by atoms with Gasteiger partial charge in [-0.15, -0.1) is 11.8 Å². The number of anilines is 1. The van der Waals surface area contributed by atoms with Gasteiger partial charge in [0.05, 0.1) is 0 Å². The van der Waals surface area contributed by atoms with Crippen LogP contribution in [-0.2, 0) is 27.3 Å². The molecule has 0 aromatic heterocycles. The average Bonchev–Trinajstić information content (AvgIpc) is 3.35. The number of rotatable bonds is 11. The smallest absolute Gasteiger partial charge is 0.326 e. The summed E-state index contributed by atoms with van der Waals surface area (Å²) >= 11 is 1.31. The third-order valence-electron chi connectivity index (χ3n) is 6.12. The van der Waals surface area contributed by atoms with Gasteiger partial charge in [0, 0.05) is 43.1 Å². The van der Waals surface area contributed by atoms with Gasteiger partial charge < -0.3 is 26.4 Å². The van der Waals surface area contributed by atoms with E-state index in [9.17, 15) is 32.7 Å². The van der Waals surface area contributed by atoms with Crippen LogP contribution < -0.4 is 16.4 Å². The number of amides is 2. The van der Waals surface area contributed by atoms with Crippen LogP contribution in [0.4, 0.5) is 18.9 Å². The van der Waals surface area contributed by atoms with Gasteiger partial charge in [-0.2, -0.15) is 0 Å². The summed E-state index contributed by atoms with van der Waals surface area (Å²) in [5, 5.41) is 14.4. The first-order valence-electron chi connectivity index (χ1n) is 12.1. The Hall–Kier alpha value is -3.25. The zero-order valence-electron chi connectivity index (χ0n) is 21.0. The van der Waals surface area contributed by atoms with Gasteiger partial charge in [0.25, 0.3) is 5.91 Å². The summed E-state index contributed by atoms with van der Waals surface area (Å²) in [4.78, 5) is 38.5. The van der Waals surface area contributed by atoms with E-state index in [1.54, 1.807) is 24.3 Å². The van der Waals surface area contributed by atoms with Gasteiger partial charge >= 0.3 is 5.97 Å². The molecule has 2 aromatic carbocycles. The fraction of sp³-hybridized carbons (Fsp3) is 0.423. The zero-order chi connectivity index (χ0) is 28.0. The Labute approximate surface area is 223 Å². The number of carbonyl (C=O) groups excluding carboxylic acids is 2. The normalized spacial score (nSPS) is 16.8. The molecule has 206 valence electrons. The highest BCUT2D eigenvalue weighted by molar-refractivity contribution is 8.00. The summed E-state index contributed by atoms with van der Waals surface area (Å²) in [7, 11) is 0. The van der Waals surface area contributed by atoms with E-state index in [0.717, 1.165) is 11.6 Å². The van der Waals surface area contributed by atoms with Gasteiger partial charge in [0.1, 0.15) is 11.9 Å². The summed E-state index contributed by atoms with van der Waals surface area (Å²) in [5.41, 5.74) is 7.29. The second-order valence-corrected chi connectivity index (χ2v) is 10.6. The van der Waals surface area contributed by atoms with Gasteiger partial charge in [-0.25, -0.2) is 18.0 Å². The van der Waals surface area contributed by atoms with Crippen molar-refractivity contribution >= 4 is 35.2 Å². The third-order valence-corrected chi connectivity index (χ3v) is 7.32. The highest BCUT2D eigenvalue weighted by Crippen LogP contribution is 2.25. The molecule has 5 N–H and O–H groups in total. The molecule has 1 unspecified atom stereocenters. The molecule has 0 saturated carbocycles. The topological polar surface area (TPSA) is 125 Å². The first kappa shape index (κ1) is 29.3. The van der Waals surface area contributed by atoms with Crippen molar-refractivity contribution < 1.29 is 32.7 Å². The Morgan fingerprint density at radius 2 is 1.76 bits per heavy atom. The van der Waals surface area contributed by atoms with E-state index in [0.29, 0.717) is 24.1 Å². The summed E-state index contributed by atoms with van der Waals surface area (Å²) in [5.74, 6) is -4.68. The summed E-state index contributed by atoms with van der Waals surface area (Å²) < 4.78 is 40.5. The minimum absolute atomic E-state index is 0.109. The van der Waals surface area contributed by atoms with E-state index < -0.39 is 40.9 Å². The molecule has 0 radical (unpaired) electrons. The number of halogens is 3. The number of carboxylic acid groups (broad SMARTS) is 1. The average molecular weight is 553 g/mol. The quantitative estimate of drug-likeness (QED) is 0.316. The van der Waals surface area contributed by atoms with E-state index in [4.69, 9.17) is 5.73 Å². The lowest BCUT2D eigenvalue weighted by molar-refractivity contribution is -0.138. The van der Waals surface area contributed by atoms with Crippen molar-refractivity contribution in [1.29, 1.82) is 0 Å². The first-order valence-corrected chi connectivity index (χ1v) is 13.2. The lowest BCUT2D eigenvalue weighted by atomic mass is 10.0. The maximum absolute atomic E-state index is 13.9. The van der Waals surface area contributed by atoms with E-state index in [1.165, 1.54) is 16.7 Å². The molecule has 0 spiro atoms. The standard InChI is InChI=1S/C26H31F3N4O4S/c1-14(2)23(26(36)37)32-18-5-3-15(4-6-18)13-31-24(35)25-33(7-8-38-25)22(34)11-17(30)9-16-10-20(28)21(29)12-19(16)27/h3-6,10,12,14,17,23,25,32H,7-9,11,13,30H2,1-2H3,(H,31,35)(H,36,37)/t17?,23-,25-/m0/s1. The number of nitrogens with one attached hydrogen (secondary N) is 2. The predicted octanol–water partition coefficient (Wildman–Crippen LogP) is 3.10. The van der Waals surface area contributed by atoms with Crippen LogP contribution in [0.3, 0.4) is 0 Å². The number of nitrogens with zero attached hydrogens (tertiary/aromatic N) is 1. The second kappa shape index (κ2) is 13.0. The van der Waals surface area contributed by atoms with E-state index in [2.05, 4.69) is 10.6 Å². The number of carbonyl (C=O) groups is 3. The lowest BCUT2D eigenvalue weighted by Crippen LogP contribution is -2.46. The number of aliphatic carboxylic acids is 1. The molecule has 1 aliphatic heterocycles. The molecule has 1 aliphatic rings. The van der Waals surface area contributed by atoms with Crippen LogP contribution in [0.25, 0.3) is 0 Å². The van der Waals surface area contributed by atoms with Crippen LogP contribution in [0.1, 0.15) is 31.4 Å². The number of thioether (sulfide) groups is 1. The molecule has 2 amide bonds. The van der Waals surface area contributed by atoms with Crippen molar-refractivity contribution in [3.05, 3.63) is 65.0 Å². The lowest BCUT2D eigenvalue weighted by Gasteiger charge is -2.24. The van der Waals surface area contributed by atoms with Gasteiger partial charge in [-0.1, -0.05) is 26.0 Å². The largest absolute Gasteiger partial charge is 0.480 e. The predicted molar refractivity (Wildman–Crippen MR) is 139 cm³/mol. The number of hydrogen-bond acceptors (Lipinski definition) is 6. The number of hydrogen-bond donors (Lipinski definition) is 4. The van der Waals surface area contributed by atoms with Crippen molar-refractivity contribution in [2.75, 3.05) is 17.6 Å². The summed E-state index contributed by atoms with van der Waals surface area (Å²) in [6.45, 7) is 4.17. The molecular formula is C26H31F3N4O4S. The van der Waals surface area contributed by atoms with Gasteiger partial charge in [0.2, 0.25) is 5.91 Å². The van der Waals surface area contributed by atoms with Gasteiger partial charge in [0.15, 0.2) is 17.0 Å². The number of nitrogens with two attached hydrogens (primary N) is 1. The van der Waals surface area contributed by atoms with Gasteiger partial charge in [-0.3, -0.25) is 9.59 Å².